The van der Waals surface area contributed by atoms with Crippen molar-refractivity contribution in [3.8, 4) is 21.6 Å². The van der Waals surface area contributed by atoms with Crippen molar-refractivity contribution < 1.29 is 13.2 Å². The van der Waals surface area contributed by atoms with Gasteiger partial charge in [-0.2, -0.15) is 0 Å². The first-order valence-corrected chi connectivity index (χ1v) is 12.9. The molecule has 5 aromatic rings. The van der Waals surface area contributed by atoms with Crippen molar-refractivity contribution in [2.45, 2.75) is 10.3 Å². The zero-order valence-corrected chi connectivity index (χ0v) is 19.3. The maximum absolute atomic E-state index is 13.4. The number of pyridine rings is 1. The van der Waals surface area contributed by atoms with E-state index in [0.29, 0.717) is 11.2 Å². The summed E-state index contributed by atoms with van der Waals surface area (Å²) >= 11 is 1.14. The van der Waals surface area contributed by atoms with Crippen molar-refractivity contribution in [3.05, 3.63) is 95.8 Å². The van der Waals surface area contributed by atoms with Crippen molar-refractivity contribution >= 4 is 38.3 Å². The maximum atomic E-state index is 13.4. The Morgan fingerprint density at radius 1 is 0.971 bits per heavy atom. The highest BCUT2D eigenvalue weighted by molar-refractivity contribution is 7.91. The number of carbonyl (C=O) groups is 1. The Kier molecular flexibility index (Phi) is 4.66. The standard InChI is InChI=1S/C25H18N4O3S2/c26-34(31,32)21-9-8-20(33-21)18-6-3-7-19-22(18)14-4-1-2-5-15(14)23(19)29-25(30)17-11-13-28-24-16(17)10-12-27-24/h1-13,23H,(H,27,28)(H,29,30)(H2,26,31,32). The van der Waals surface area contributed by atoms with Crippen LogP contribution in [0.4, 0.5) is 0 Å². The van der Waals surface area contributed by atoms with Crippen LogP contribution >= 0.6 is 11.3 Å². The molecule has 1 atom stereocenters. The van der Waals surface area contributed by atoms with Crippen LogP contribution < -0.4 is 10.5 Å². The second kappa shape index (κ2) is 7.63. The molecule has 0 fully saturated rings. The van der Waals surface area contributed by atoms with Crippen molar-refractivity contribution in [2.75, 3.05) is 0 Å². The Morgan fingerprint density at radius 2 is 1.76 bits per heavy atom. The van der Waals surface area contributed by atoms with E-state index < -0.39 is 10.0 Å². The van der Waals surface area contributed by atoms with Crippen molar-refractivity contribution in [3.63, 3.8) is 0 Å². The number of primary sulfonamides is 1. The largest absolute Gasteiger partial charge is 0.346 e. The highest BCUT2D eigenvalue weighted by atomic mass is 32.2. The summed E-state index contributed by atoms with van der Waals surface area (Å²) in [6.45, 7) is 0. The first-order chi connectivity index (χ1) is 16.4. The molecule has 3 heterocycles. The summed E-state index contributed by atoms with van der Waals surface area (Å²) in [6.07, 6.45) is 3.37. The van der Waals surface area contributed by atoms with E-state index in [1.807, 2.05) is 48.5 Å². The number of thiophene rings is 1. The second-order valence-electron chi connectivity index (χ2n) is 8.03. The summed E-state index contributed by atoms with van der Waals surface area (Å²) in [5.74, 6) is -0.197. The van der Waals surface area contributed by atoms with Gasteiger partial charge in [-0.25, -0.2) is 18.5 Å². The molecule has 4 N–H and O–H groups in total. The van der Waals surface area contributed by atoms with Crippen LogP contribution in [0.5, 0.6) is 0 Å². The molecule has 168 valence electrons. The van der Waals surface area contributed by atoms with Crippen LogP contribution in [0.3, 0.4) is 0 Å². The molecule has 0 saturated carbocycles. The van der Waals surface area contributed by atoms with Gasteiger partial charge in [0.15, 0.2) is 0 Å². The summed E-state index contributed by atoms with van der Waals surface area (Å²) in [5, 5.41) is 9.29. The molecule has 7 nitrogen and oxygen atoms in total. The number of aromatic nitrogens is 2. The van der Waals surface area contributed by atoms with Crippen LogP contribution in [-0.2, 0) is 10.0 Å². The van der Waals surface area contributed by atoms with E-state index in [0.717, 1.165) is 49.4 Å². The van der Waals surface area contributed by atoms with Gasteiger partial charge in [-0.3, -0.25) is 4.79 Å². The average Bonchev–Trinajstić information content (AvgIpc) is 3.57. The van der Waals surface area contributed by atoms with Crippen LogP contribution in [0.1, 0.15) is 27.5 Å². The van der Waals surface area contributed by atoms with Gasteiger partial charge in [-0.05, 0) is 52.1 Å². The number of fused-ring (bicyclic) bond motifs is 4. The molecular formula is C25H18N4O3S2. The third-order valence-corrected chi connectivity index (χ3v) is 8.61. The molecule has 0 bridgehead atoms. The molecule has 34 heavy (non-hydrogen) atoms. The van der Waals surface area contributed by atoms with Crippen molar-refractivity contribution in [1.29, 1.82) is 0 Å². The molecule has 1 amide bonds. The van der Waals surface area contributed by atoms with E-state index in [9.17, 15) is 13.2 Å². The van der Waals surface area contributed by atoms with E-state index >= 15 is 0 Å². The van der Waals surface area contributed by atoms with Crippen LogP contribution in [0, 0.1) is 0 Å². The molecule has 0 saturated heterocycles. The molecule has 0 aliphatic heterocycles. The number of hydrogen-bond donors (Lipinski definition) is 3. The monoisotopic (exact) mass is 486 g/mol. The van der Waals surface area contributed by atoms with E-state index in [4.69, 9.17) is 5.14 Å². The third kappa shape index (κ3) is 3.25. The fourth-order valence-electron chi connectivity index (χ4n) is 4.60. The molecule has 0 radical (unpaired) electrons. The van der Waals surface area contributed by atoms with Gasteiger partial charge in [-0.1, -0.05) is 42.5 Å². The molecule has 6 rings (SSSR count). The quantitative estimate of drug-likeness (QED) is 0.348. The number of sulfonamides is 1. The molecular weight excluding hydrogens is 468 g/mol. The zero-order chi connectivity index (χ0) is 23.4. The topological polar surface area (TPSA) is 118 Å². The Balaban J connectivity index is 1.46. The predicted octanol–water partition coefficient (Wildman–Crippen LogP) is 4.44. The maximum Gasteiger partial charge on any atom is 0.252 e. The van der Waals surface area contributed by atoms with Gasteiger partial charge in [0.1, 0.15) is 9.86 Å². The smallest absolute Gasteiger partial charge is 0.252 e. The number of nitrogens with zero attached hydrogens (tertiary/aromatic N) is 1. The van der Waals surface area contributed by atoms with Gasteiger partial charge < -0.3 is 10.3 Å². The number of amides is 1. The SMILES string of the molecule is NS(=O)(=O)c1ccc(-c2cccc3c2-c2ccccc2C3NC(=O)c2ccnc3[nH]ccc23)s1. The minimum absolute atomic E-state index is 0.115. The summed E-state index contributed by atoms with van der Waals surface area (Å²) in [4.78, 5) is 21.5. The lowest BCUT2D eigenvalue weighted by Crippen LogP contribution is -2.28. The minimum Gasteiger partial charge on any atom is -0.346 e. The fourth-order valence-corrected chi connectivity index (χ4v) is 6.36. The van der Waals surface area contributed by atoms with Gasteiger partial charge in [0, 0.05) is 22.7 Å². The number of benzene rings is 2. The average molecular weight is 487 g/mol. The molecule has 2 aromatic carbocycles. The van der Waals surface area contributed by atoms with Crippen LogP contribution in [0.25, 0.3) is 32.6 Å². The van der Waals surface area contributed by atoms with Gasteiger partial charge in [0.25, 0.3) is 5.91 Å². The second-order valence-corrected chi connectivity index (χ2v) is 10.9. The molecule has 1 aliphatic rings. The first-order valence-electron chi connectivity index (χ1n) is 10.5. The lowest BCUT2D eigenvalue weighted by molar-refractivity contribution is 0.0945. The summed E-state index contributed by atoms with van der Waals surface area (Å²) in [5.41, 5.74) is 6.03. The third-order valence-electron chi connectivity index (χ3n) is 6.06. The normalized spacial score (nSPS) is 14.7. The summed E-state index contributed by atoms with van der Waals surface area (Å²) in [6, 6.07) is 20.3. The lowest BCUT2D eigenvalue weighted by Gasteiger charge is -2.17. The van der Waals surface area contributed by atoms with Crippen molar-refractivity contribution in [2.24, 2.45) is 5.14 Å². The highest BCUT2D eigenvalue weighted by Crippen LogP contribution is 2.49. The fraction of sp³-hybridized carbons (Fsp3) is 0.0400. The van der Waals surface area contributed by atoms with Crippen LogP contribution in [0.2, 0.25) is 0 Å². The van der Waals surface area contributed by atoms with E-state index in [1.54, 1.807) is 24.5 Å². The van der Waals surface area contributed by atoms with E-state index in [1.165, 1.54) is 6.07 Å². The number of rotatable bonds is 4. The van der Waals surface area contributed by atoms with Crippen LogP contribution in [-0.4, -0.2) is 24.3 Å². The number of aromatic amines is 1. The molecule has 9 heteroatoms. The highest BCUT2D eigenvalue weighted by Gasteiger charge is 2.32. The Labute approximate surface area is 199 Å². The Bertz CT molecular complexity index is 1700. The Hall–Kier alpha value is -3.79. The number of H-pyrrole nitrogens is 1. The van der Waals surface area contributed by atoms with Gasteiger partial charge in [-0.15, -0.1) is 11.3 Å². The van der Waals surface area contributed by atoms with E-state index in [2.05, 4.69) is 15.3 Å². The molecule has 1 aliphatic carbocycles. The molecule has 0 spiro atoms. The number of carbonyl (C=O) groups excluding carboxylic acids is 1. The van der Waals surface area contributed by atoms with E-state index in [-0.39, 0.29) is 16.2 Å². The molecule has 3 aromatic heterocycles. The lowest BCUT2D eigenvalue weighted by atomic mass is 9.98. The van der Waals surface area contributed by atoms with Crippen molar-refractivity contribution in [1.82, 2.24) is 15.3 Å². The summed E-state index contributed by atoms with van der Waals surface area (Å²) < 4.78 is 23.8. The zero-order valence-electron chi connectivity index (χ0n) is 17.6. The van der Waals surface area contributed by atoms with Gasteiger partial charge >= 0.3 is 0 Å². The van der Waals surface area contributed by atoms with Gasteiger partial charge in [0.2, 0.25) is 10.0 Å². The minimum atomic E-state index is -3.78. The predicted molar refractivity (Wildman–Crippen MR) is 132 cm³/mol. The summed E-state index contributed by atoms with van der Waals surface area (Å²) in [7, 11) is -3.78. The number of nitrogens with two attached hydrogens (primary N) is 1. The molecule has 1 unspecified atom stereocenters. The number of hydrogen-bond acceptors (Lipinski definition) is 5. The van der Waals surface area contributed by atoms with Crippen LogP contribution in [0.15, 0.2) is 83.3 Å². The van der Waals surface area contributed by atoms with Gasteiger partial charge in [0.05, 0.1) is 11.6 Å². The Morgan fingerprint density at radius 3 is 2.59 bits per heavy atom. The first kappa shape index (κ1) is 20.8. The number of nitrogens with one attached hydrogen (secondary N) is 2.